The average molecular weight is 247 g/mol. The number of fused-ring (bicyclic) bond motifs is 1. The number of hydrogen-bond donors (Lipinski definition) is 1. The van der Waals surface area contributed by atoms with E-state index >= 15 is 0 Å². The Balaban J connectivity index is 0.00000128. The molecule has 4 heteroatoms. The van der Waals surface area contributed by atoms with E-state index in [1.165, 1.54) is 32.1 Å². The lowest BCUT2D eigenvalue weighted by atomic mass is 9.91. The van der Waals surface area contributed by atoms with Gasteiger partial charge in [0.2, 0.25) is 5.91 Å². The number of rotatable bonds is 2. The zero-order chi connectivity index (χ0) is 10.8. The first kappa shape index (κ1) is 13.8. The first-order valence-corrected chi connectivity index (χ1v) is 6.24. The molecule has 1 saturated heterocycles. The second kappa shape index (κ2) is 5.87. The Morgan fingerprint density at radius 1 is 1.38 bits per heavy atom. The van der Waals surface area contributed by atoms with Gasteiger partial charge in [0.25, 0.3) is 0 Å². The summed E-state index contributed by atoms with van der Waals surface area (Å²) in [5, 5.41) is 0. The molecule has 1 amide bonds. The van der Waals surface area contributed by atoms with Gasteiger partial charge in [-0.25, -0.2) is 0 Å². The maximum Gasteiger partial charge on any atom is 0.226 e. The van der Waals surface area contributed by atoms with Gasteiger partial charge in [-0.1, -0.05) is 13.3 Å². The highest BCUT2D eigenvalue weighted by molar-refractivity contribution is 5.85. The zero-order valence-electron chi connectivity index (χ0n) is 10.0. The molecule has 3 nitrogen and oxygen atoms in total. The minimum Gasteiger partial charge on any atom is -0.339 e. The van der Waals surface area contributed by atoms with Crippen LogP contribution in [-0.2, 0) is 4.79 Å². The minimum absolute atomic E-state index is 0. The van der Waals surface area contributed by atoms with Gasteiger partial charge in [0.1, 0.15) is 0 Å². The molecule has 94 valence electrons. The van der Waals surface area contributed by atoms with E-state index < -0.39 is 0 Å². The van der Waals surface area contributed by atoms with Crippen LogP contribution < -0.4 is 5.73 Å². The van der Waals surface area contributed by atoms with Crippen LogP contribution >= 0.6 is 12.4 Å². The Bertz CT molecular complexity index is 247. The van der Waals surface area contributed by atoms with Crippen molar-refractivity contribution in [1.82, 2.24) is 4.90 Å². The maximum atomic E-state index is 12.1. The Morgan fingerprint density at radius 3 is 2.75 bits per heavy atom. The number of likely N-dealkylation sites (tertiary alicyclic amines) is 1. The summed E-state index contributed by atoms with van der Waals surface area (Å²) in [7, 11) is 0. The highest BCUT2D eigenvalue weighted by Crippen LogP contribution is 2.37. The molecule has 3 unspecified atom stereocenters. The molecule has 2 rings (SSSR count). The summed E-state index contributed by atoms with van der Waals surface area (Å²) in [6, 6.07) is 0.542. The third kappa shape index (κ3) is 2.51. The molecule has 16 heavy (non-hydrogen) atoms. The highest BCUT2D eigenvalue weighted by Gasteiger charge is 2.38. The Morgan fingerprint density at radius 2 is 2.06 bits per heavy atom. The molecule has 3 atom stereocenters. The number of halogens is 1. The lowest BCUT2D eigenvalue weighted by Gasteiger charge is -2.39. The van der Waals surface area contributed by atoms with Crippen LogP contribution in [0.4, 0.5) is 0 Å². The molecular weight excluding hydrogens is 224 g/mol. The first-order chi connectivity index (χ1) is 7.24. The SMILES string of the molecule is CC(CN)C(=O)N1CCCC2CCCC21.Cl. The van der Waals surface area contributed by atoms with E-state index in [4.69, 9.17) is 5.73 Å². The van der Waals surface area contributed by atoms with Crippen molar-refractivity contribution in [3.05, 3.63) is 0 Å². The third-order valence-corrected chi connectivity index (χ3v) is 4.05. The second-order valence-electron chi connectivity index (χ2n) is 5.07. The van der Waals surface area contributed by atoms with E-state index in [9.17, 15) is 4.79 Å². The number of amides is 1. The smallest absolute Gasteiger partial charge is 0.226 e. The van der Waals surface area contributed by atoms with Crippen LogP contribution in [0.5, 0.6) is 0 Å². The van der Waals surface area contributed by atoms with E-state index in [2.05, 4.69) is 4.90 Å². The van der Waals surface area contributed by atoms with Gasteiger partial charge in [-0.15, -0.1) is 12.4 Å². The summed E-state index contributed by atoms with van der Waals surface area (Å²) in [6.07, 6.45) is 6.35. The molecule has 0 aromatic carbocycles. The number of nitrogens with two attached hydrogens (primary N) is 1. The number of nitrogens with zero attached hydrogens (tertiary/aromatic N) is 1. The number of piperidine rings is 1. The monoisotopic (exact) mass is 246 g/mol. The van der Waals surface area contributed by atoms with E-state index in [0.29, 0.717) is 12.6 Å². The molecule has 1 saturated carbocycles. The fourth-order valence-corrected chi connectivity index (χ4v) is 3.11. The molecule has 0 radical (unpaired) electrons. The standard InChI is InChI=1S/C12H22N2O.ClH/c1-9(8-13)12(15)14-7-3-5-10-4-2-6-11(10)14;/h9-11H,2-8,13H2,1H3;1H. The van der Waals surface area contributed by atoms with Crippen molar-refractivity contribution >= 4 is 18.3 Å². The summed E-state index contributed by atoms with van der Waals surface area (Å²) < 4.78 is 0. The van der Waals surface area contributed by atoms with Crippen LogP contribution in [0.1, 0.15) is 39.0 Å². The fourth-order valence-electron chi connectivity index (χ4n) is 3.11. The molecule has 1 heterocycles. The lowest BCUT2D eigenvalue weighted by Crippen LogP contribution is -2.49. The number of hydrogen-bond acceptors (Lipinski definition) is 2. The van der Waals surface area contributed by atoms with Crippen LogP contribution in [0.3, 0.4) is 0 Å². The summed E-state index contributed by atoms with van der Waals surface area (Å²) in [6.45, 7) is 3.39. The zero-order valence-corrected chi connectivity index (χ0v) is 10.8. The van der Waals surface area contributed by atoms with Crippen LogP contribution in [-0.4, -0.2) is 29.9 Å². The van der Waals surface area contributed by atoms with Crippen LogP contribution in [0.25, 0.3) is 0 Å². The summed E-state index contributed by atoms with van der Waals surface area (Å²) >= 11 is 0. The summed E-state index contributed by atoms with van der Waals surface area (Å²) in [5.74, 6) is 1.08. The molecule has 2 aliphatic rings. The first-order valence-electron chi connectivity index (χ1n) is 6.24. The fraction of sp³-hybridized carbons (Fsp3) is 0.917. The molecule has 1 aliphatic heterocycles. The van der Waals surface area contributed by atoms with E-state index in [1.807, 2.05) is 6.92 Å². The molecule has 2 fully saturated rings. The van der Waals surface area contributed by atoms with Crippen molar-refractivity contribution in [2.45, 2.75) is 45.1 Å². The Hall–Kier alpha value is -0.280. The van der Waals surface area contributed by atoms with Gasteiger partial charge in [0.15, 0.2) is 0 Å². The van der Waals surface area contributed by atoms with Crippen molar-refractivity contribution in [1.29, 1.82) is 0 Å². The van der Waals surface area contributed by atoms with E-state index in [-0.39, 0.29) is 24.2 Å². The van der Waals surface area contributed by atoms with Gasteiger partial charge in [-0.2, -0.15) is 0 Å². The van der Waals surface area contributed by atoms with Crippen molar-refractivity contribution in [2.75, 3.05) is 13.1 Å². The highest BCUT2D eigenvalue weighted by atomic mass is 35.5. The van der Waals surface area contributed by atoms with Crippen molar-refractivity contribution in [3.8, 4) is 0 Å². The molecule has 0 aromatic heterocycles. The Labute approximate surface area is 104 Å². The van der Waals surface area contributed by atoms with Gasteiger partial charge >= 0.3 is 0 Å². The maximum absolute atomic E-state index is 12.1. The van der Waals surface area contributed by atoms with Gasteiger partial charge in [0.05, 0.1) is 0 Å². The predicted octanol–water partition coefficient (Wildman–Crippen LogP) is 1.79. The topological polar surface area (TPSA) is 46.3 Å². The summed E-state index contributed by atoms with van der Waals surface area (Å²) in [4.78, 5) is 14.2. The molecule has 0 spiro atoms. The Kier molecular flexibility index (Phi) is 5.06. The van der Waals surface area contributed by atoms with E-state index in [0.717, 1.165) is 12.5 Å². The van der Waals surface area contributed by atoms with Crippen molar-refractivity contribution < 1.29 is 4.79 Å². The van der Waals surface area contributed by atoms with Gasteiger partial charge < -0.3 is 10.6 Å². The second-order valence-corrected chi connectivity index (χ2v) is 5.07. The van der Waals surface area contributed by atoms with Crippen molar-refractivity contribution in [2.24, 2.45) is 17.6 Å². The summed E-state index contributed by atoms with van der Waals surface area (Å²) in [5.41, 5.74) is 5.57. The van der Waals surface area contributed by atoms with Crippen molar-refractivity contribution in [3.63, 3.8) is 0 Å². The number of carbonyl (C=O) groups is 1. The minimum atomic E-state index is 0. The van der Waals surface area contributed by atoms with Crippen LogP contribution in [0.15, 0.2) is 0 Å². The van der Waals surface area contributed by atoms with Gasteiger partial charge in [-0.3, -0.25) is 4.79 Å². The molecule has 0 aromatic rings. The molecule has 2 N–H and O–H groups in total. The third-order valence-electron chi connectivity index (χ3n) is 4.05. The van der Waals surface area contributed by atoms with Gasteiger partial charge in [-0.05, 0) is 31.6 Å². The quantitative estimate of drug-likeness (QED) is 0.808. The van der Waals surface area contributed by atoms with Gasteiger partial charge in [0, 0.05) is 25.0 Å². The number of carbonyl (C=O) groups excluding carboxylic acids is 1. The molecular formula is C12H23ClN2O. The van der Waals surface area contributed by atoms with Crippen LogP contribution in [0.2, 0.25) is 0 Å². The van der Waals surface area contributed by atoms with Crippen LogP contribution in [0, 0.1) is 11.8 Å². The molecule has 1 aliphatic carbocycles. The predicted molar refractivity (Wildman–Crippen MR) is 67.5 cm³/mol. The average Bonchev–Trinajstić information content (AvgIpc) is 2.74. The molecule has 0 bridgehead atoms. The van der Waals surface area contributed by atoms with E-state index in [1.54, 1.807) is 0 Å². The lowest BCUT2D eigenvalue weighted by molar-refractivity contribution is -0.139. The largest absolute Gasteiger partial charge is 0.339 e. The normalized spacial score (nSPS) is 30.5.